The highest BCUT2D eigenvalue weighted by molar-refractivity contribution is 5.71. The Morgan fingerprint density at radius 1 is 0.263 bits per heavy atom. The Hall–Kier alpha value is -5.49. The van der Waals surface area contributed by atoms with Crippen molar-refractivity contribution in [3.05, 3.63) is 182 Å². The van der Waals surface area contributed by atoms with E-state index in [-0.39, 0.29) is 37.5 Å². The first-order valence-corrected chi connectivity index (χ1v) is 31.8. The van der Waals surface area contributed by atoms with E-state index >= 15 is 0 Å². The molecule has 446 valence electrons. The first-order valence-electron chi connectivity index (χ1n) is 31.8. The molecule has 0 aliphatic heterocycles. The van der Waals surface area contributed by atoms with Crippen LogP contribution in [0.4, 0.5) is 0 Å². The van der Waals surface area contributed by atoms with Crippen LogP contribution < -0.4 is 0 Å². The minimum absolute atomic E-state index is 0.115. The summed E-state index contributed by atoms with van der Waals surface area (Å²) in [5.41, 5.74) is 0. The van der Waals surface area contributed by atoms with Gasteiger partial charge < -0.3 is 14.2 Å². The predicted octanol–water partition coefficient (Wildman–Crippen LogP) is 22.0. The van der Waals surface area contributed by atoms with Gasteiger partial charge in [-0.2, -0.15) is 0 Å². The Kier molecular flexibility index (Phi) is 61.5. The third kappa shape index (κ3) is 63.3. The molecule has 0 heterocycles. The summed E-state index contributed by atoms with van der Waals surface area (Å²) < 4.78 is 16.8. The molecular formula is C74H114O6. The zero-order valence-corrected chi connectivity index (χ0v) is 51.0. The molecule has 1 unspecified atom stereocenters. The summed E-state index contributed by atoms with van der Waals surface area (Å²) in [5, 5.41) is 0. The first kappa shape index (κ1) is 74.5. The lowest BCUT2D eigenvalue weighted by atomic mass is 10.1. The van der Waals surface area contributed by atoms with E-state index in [4.69, 9.17) is 14.2 Å². The molecule has 0 aliphatic carbocycles. The van der Waals surface area contributed by atoms with Gasteiger partial charge in [-0.25, -0.2) is 0 Å². The van der Waals surface area contributed by atoms with E-state index in [9.17, 15) is 14.4 Å². The van der Waals surface area contributed by atoms with Crippen LogP contribution in [0, 0.1) is 0 Å². The van der Waals surface area contributed by atoms with Crippen molar-refractivity contribution in [1.82, 2.24) is 0 Å². The number of ether oxygens (including phenoxy) is 3. The first-order chi connectivity index (χ1) is 39.5. The van der Waals surface area contributed by atoms with Crippen LogP contribution in [0.3, 0.4) is 0 Å². The number of esters is 3. The van der Waals surface area contributed by atoms with Crippen molar-refractivity contribution in [1.29, 1.82) is 0 Å². The Labute approximate surface area is 491 Å². The molecule has 0 aromatic rings. The van der Waals surface area contributed by atoms with Gasteiger partial charge in [0.15, 0.2) is 6.10 Å². The topological polar surface area (TPSA) is 78.9 Å². The molecule has 0 N–H and O–H groups in total. The molecule has 6 nitrogen and oxygen atoms in total. The van der Waals surface area contributed by atoms with Crippen LogP contribution in [-0.2, 0) is 28.6 Å². The standard InChI is InChI=1S/C74H114O6/c1-4-7-10-13-16-19-22-25-27-29-31-32-33-34-35-36-37-38-39-40-41-42-44-45-47-49-52-55-58-61-64-67-73(76)79-70-71(69-78-72(75)66-63-60-57-54-51-24-21-18-15-12-9-6-3)80-74(77)68-65-62-59-56-53-50-48-46-43-30-28-26-23-20-17-14-11-8-5-2/h7-8,10-11,16-21,25-28,31-32,34-35,37-38,40-41,43-46,49-50,52-53,71H,4-6,9,12-15,22-24,29-30,33,36,39,42,47-48,51,54-70H2,1-3H3/b10-7-,11-8-,19-16-,20-17-,21-18-,27-25-,28-26-,32-31-,35-34-,38-37-,41-40-,45-44-,46-43-,52-49-,53-50-. The predicted molar refractivity (Wildman–Crippen MR) is 348 cm³/mol. The average molecular weight is 1100 g/mol. The zero-order valence-electron chi connectivity index (χ0n) is 51.0. The molecule has 0 radical (unpaired) electrons. The molecular weight excluding hydrogens is 985 g/mol. The summed E-state index contributed by atoms with van der Waals surface area (Å²) in [5.74, 6) is -1.000. The van der Waals surface area contributed by atoms with Crippen molar-refractivity contribution in [2.75, 3.05) is 13.2 Å². The molecule has 0 aliphatic rings. The number of hydrogen-bond acceptors (Lipinski definition) is 6. The summed E-state index contributed by atoms with van der Waals surface area (Å²) in [6.07, 6.45) is 99.0. The van der Waals surface area contributed by atoms with Gasteiger partial charge in [0, 0.05) is 19.3 Å². The van der Waals surface area contributed by atoms with E-state index in [1.165, 1.54) is 32.1 Å². The number of hydrogen-bond donors (Lipinski definition) is 0. The van der Waals surface area contributed by atoms with Crippen molar-refractivity contribution < 1.29 is 28.6 Å². The van der Waals surface area contributed by atoms with Crippen molar-refractivity contribution in [3.63, 3.8) is 0 Å². The third-order valence-corrected chi connectivity index (χ3v) is 12.6. The molecule has 0 aromatic carbocycles. The summed E-state index contributed by atoms with van der Waals surface area (Å²) in [4.78, 5) is 38.2. The fourth-order valence-electron chi connectivity index (χ4n) is 7.92. The molecule has 0 bridgehead atoms. The van der Waals surface area contributed by atoms with E-state index in [0.29, 0.717) is 19.3 Å². The smallest absolute Gasteiger partial charge is 0.306 e. The third-order valence-electron chi connectivity index (χ3n) is 12.6. The lowest BCUT2D eigenvalue weighted by Gasteiger charge is -2.18. The van der Waals surface area contributed by atoms with E-state index < -0.39 is 6.10 Å². The van der Waals surface area contributed by atoms with Gasteiger partial charge >= 0.3 is 17.9 Å². The largest absolute Gasteiger partial charge is 0.462 e. The second-order valence-corrected chi connectivity index (χ2v) is 20.2. The van der Waals surface area contributed by atoms with E-state index in [0.717, 1.165) is 167 Å². The monoisotopic (exact) mass is 1100 g/mol. The van der Waals surface area contributed by atoms with Gasteiger partial charge in [0.05, 0.1) is 0 Å². The van der Waals surface area contributed by atoms with Crippen LogP contribution in [0.1, 0.15) is 245 Å². The minimum Gasteiger partial charge on any atom is -0.462 e. The number of carbonyl (C=O) groups is 3. The Balaban J connectivity index is 4.46. The fourth-order valence-corrected chi connectivity index (χ4v) is 7.92. The molecule has 0 fully saturated rings. The van der Waals surface area contributed by atoms with Crippen LogP contribution in [0.15, 0.2) is 182 Å². The van der Waals surface area contributed by atoms with Crippen molar-refractivity contribution in [2.45, 2.75) is 252 Å². The summed E-state index contributed by atoms with van der Waals surface area (Å²) >= 11 is 0. The van der Waals surface area contributed by atoms with E-state index in [2.05, 4.69) is 203 Å². The van der Waals surface area contributed by atoms with Crippen LogP contribution in [0.5, 0.6) is 0 Å². The van der Waals surface area contributed by atoms with Crippen LogP contribution >= 0.6 is 0 Å². The summed E-state index contributed by atoms with van der Waals surface area (Å²) in [6, 6.07) is 0. The second kappa shape index (κ2) is 66.0. The molecule has 0 rings (SSSR count). The molecule has 80 heavy (non-hydrogen) atoms. The van der Waals surface area contributed by atoms with Gasteiger partial charge in [-0.15, -0.1) is 0 Å². The fraction of sp³-hybridized carbons (Fsp3) is 0.554. The maximum absolute atomic E-state index is 12.9. The summed E-state index contributed by atoms with van der Waals surface area (Å²) in [6.45, 7) is 6.31. The molecule has 0 amide bonds. The minimum atomic E-state index is -0.824. The van der Waals surface area contributed by atoms with Gasteiger partial charge in [0.1, 0.15) is 13.2 Å². The second-order valence-electron chi connectivity index (χ2n) is 20.2. The highest BCUT2D eigenvalue weighted by Crippen LogP contribution is 2.12. The number of unbranched alkanes of at least 4 members (excludes halogenated alkanes) is 14. The van der Waals surface area contributed by atoms with Crippen molar-refractivity contribution in [2.24, 2.45) is 0 Å². The molecule has 0 spiro atoms. The van der Waals surface area contributed by atoms with E-state index in [1.54, 1.807) is 0 Å². The van der Waals surface area contributed by atoms with Gasteiger partial charge in [-0.05, 0) is 161 Å². The van der Waals surface area contributed by atoms with E-state index in [1.807, 2.05) is 0 Å². The number of rotatable bonds is 55. The summed E-state index contributed by atoms with van der Waals surface area (Å²) in [7, 11) is 0. The SMILES string of the molecule is CC/C=C\C/C=C\C/C=C\C/C=C\C/C=C\C/C=C\C/C=C\C/C=C\C/C=C\CCCCCC(=O)OCC(COC(=O)CCCCCCC/C=C\CCCCC)OC(=O)CCCCC/C=C\C/C=C\C/C=C\C/C=C\C/C=C\CC. The number of carbonyl (C=O) groups excluding carboxylic acids is 3. The van der Waals surface area contributed by atoms with Crippen molar-refractivity contribution in [3.8, 4) is 0 Å². The van der Waals surface area contributed by atoms with Gasteiger partial charge in [-0.1, -0.05) is 248 Å². The Morgan fingerprint density at radius 3 is 0.787 bits per heavy atom. The van der Waals surface area contributed by atoms with Crippen LogP contribution in [-0.4, -0.2) is 37.2 Å². The Bertz CT molecular complexity index is 1890. The number of allylic oxidation sites excluding steroid dienone is 30. The average Bonchev–Trinajstić information content (AvgIpc) is 3.46. The maximum Gasteiger partial charge on any atom is 0.306 e. The lowest BCUT2D eigenvalue weighted by Crippen LogP contribution is -2.30. The molecule has 0 saturated heterocycles. The zero-order chi connectivity index (χ0) is 57.8. The lowest BCUT2D eigenvalue weighted by molar-refractivity contribution is -0.167. The normalized spacial score (nSPS) is 13.4. The quantitative estimate of drug-likeness (QED) is 0.0261. The van der Waals surface area contributed by atoms with Gasteiger partial charge in [0.2, 0.25) is 0 Å². The van der Waals surface area contributed by atoms with Crippen molar-refractivity contribution >= 4 is 17.9 Å². The van der Waals surface area contributed by atoms with Crippen LogP contribution in [0.2, 0.25) is 0 Å². The molecule has 0 saturated carbocycles. The Morgan fingerprint density at radius 2 is 0.487 bits per heavy atom. The molecule has 0 aromatic heterocycles. The molecule has 6 heteroatoms. The highest BCUT2D eigenvalue weighted by Gasteiger charge is 2.19. The van der Waals surface area contributed by atoms with Crippen LogP contribution in [0.25, 0.3) is 0 Å². The highest BCUT2D eigenvalue weighted by atomic mass is 16.6. The maximum atomic E-state index is 12.9. The van der Waals surface area contributed by atoms with Gasteiger partial charge in [-0.3, -0.25) is 14.4 Å². The molecule has 1 atom stereocenters. The van der Waals surface area contributed by atoms with Gasteiger partial charge in [0.25, 0.3) is 0 Å².